The summed E-state index contributed by atoms with van der Waals surface area (Å²) in [6.07, 6.45) is 14.9. The Morgan fingerprint density at radius 3 is 1.96 bits per heavy atom. The summed E-state index contributed by atoms with van der Waals surface area (Å²) in [6, 6.07) is 0. The van der Waals surface area contributed by atoms with Crippen LogP contribution in [-0.2, 0) is 0 Å². The molecule has 0 heterocycles. The van der Waals surface area contributed by atoms with Crippen molar-refractivity contribution in [2.45, 2.75) is 92.4 Å². The summed E-state index contributed by atoms with van der Waals surface area (Å²) in [7, 11) is 0. The highest BCUT2D eigenvalue weighted by Gasteiger charge is 2.06. The van der Waals surface area contributed by atoms with Gasteiger partial charge in [0.05, 0.1) is 0 Å². The predicted molar refractivity (Wildman–Crippen MR) is 115 cm³/mol. The van der Waals surface area contributed by atoms with Crippen LogP contribution in [0.15, 0.2) is 11.6 Å². The molecule has 0 amide bonds. The first kappa shape index (κ1) is 24.1. The van der Waals surface area contributed by atoms with Crippen molar-refractivity contribution in [1.82, 2.24) is 0 Å². The van der Waals surface area contributed by atoms with E-state index >= 15 is 0 Å². The number of thioether (sulfide) groups is 1. The zero-order chi connectivity index (χ0) is 18.2. The summed E-state index contributed by atoms with van der Waals surface area (Å²) in [5.74, 6) is 4.90. The van der Waals surface area contributed by atoms with Crippen LogP contribution in [-0.4, -0.2) is 18.1 Å². The molecule has 2 N–H and O–H groups in total. The van der Waals surface area contributed by atoms with E-state index in [0.29, 0.717) is 0 Å². The van der Waals surface area contributed by atoms with Crippen LogP contribution >= 0.6 is 11.8 Å². The Hall–Kier alpha value is 0.0500. The van der Waals surface area contributed by atoms with Crippen LogP contribution in [0.3, 0.4) is 0 Å². The van der Waals surface area contributed by atoms with Gasteiger partial charge in [-0.05, 0) is 37.5 Å². The van der Waals surface area contributed by atoms with E-state index in [-0.39, 0.29) is 0 Å². The average molecular weight is 356 g/mol. The molecule has 0 rings (SSSR count). The van der Waals surface area contributed by atoms with Crippen LogP contribution in [0.25, 0.3) is 0 Å². The van der Waals surface area contributed by atoms with Crippen LogP contribution in [0.5, 0.6) is 0 Å². The molecule has 0 bridgehead atoms. The Bertz CT molecular complexity index is 298. The summed E-state index contributed by atoms with van der Waals surface area (Å²) in [5.41, 5.74) is 7.07. The lowest BCUT2D eigenvalue weighted by atomic mass is 9.91. The second-order valence-electron chi connectivity index (χ2n) is 8.27. The van der Waals surface area contributed by atoms with Gasteiger partial charge >= 0.3 is 0 Å². The van der Waals surface area contributed by atoms with Crippen molar-refractivity contribution in [3.05, 3.63) is 11.6 Å². The minimum Gasteiger partial charge on any atom is -0.330 e. The molecule has 24 heavy (non-hydrogen) atoms. The second-order valence-corrected chi connectivity index (χ2v) is 9.42. The molecule has 0 fully saturated rings. The van der Waals surface area contributed by atoms with E-state index in [1.807, 2.05) is 11.8 Å². The topological polar surface area (TPSA) is 26.0 Å². The Labute approximate surface area is 157 Å². The third-order valence-electron chi connectivity index (χ3n) is 4.95. The van der Waals surface area contributed by atoms with Crippen molar-refractivity contribution in [1.29, 1.82) is 0 Å². The monoisotopic (exact) mass is 355 g/mol. The number of hydrogen-bond acceptors (Lipinski definition) is 2. The summed E-state index contributed by atoms with van der Waals surface area (Å²) in [6.45, 7) is 12.6. The van der Waals surface area contributed by atoms with Crippen molar-refractivity contribution >= 4 is 11.8 Å². The van der Waals surface area contributed by atoms with E-state index in [1.54, 1.807) is 5.57 Å². The molecule has 2 atom stereocenters. The van der Waals surface area contributed by atoms with Gasteiger partial charge in [0.25, 0.3) is 0 Å². The Morgan fingerprint density at radius 1 is 0.875 bits per heavy atom. The molecular formula is C22H45NS. The summed E-state index contributed by atoms with van der Waals surface area (Å²) in [4.78, 5) is 0. The largest absolute Gasteiger partial charge is 0.330 e. The maximum atomic E-state index is 5.51. The number of nitrogens with two attached hydrogens (primary N) is 1. The Kier molecular flexibility index (Phi) is 16.5. The Morgan fingerprint density at radius 2 is 1.42 bits per heavy atom. The third kappa shape index (κ3) is 16.9. The molecule has 2 unspecified atom stereocenters. The quantitative estimate of drug-likeness (QED) is 0.237. The van der Waals surface area contributed by atoms with Crippen LogP contribution < -0.4 is 5.73 Å². The minimum atomic E-state index is 0.797. The van der Waals surface area contributed by atoms with Crippen molar-refractivity contribution in [2.75, 3.05) is 18.1 Å². The molecule has 0 aromatic carbocycles. The van der Waals surface area contributed by atoms with Gasteiger partial charge in [-0.1, -0.05) is 84.3 Å². The molecule has 1 nitrogen and oxygen atoms in total. The maximum Gasteiger partial charge on any atom is 0.0116 e. The first-order chi connectivity index (χ1) is 11.5. The molecule has 0 aromatic heterocycles. The SMILES string of the molecule is C/C(=C\CSCCN)CCCC(C)CCCC(C)CCCC(C)C. The second kappa shape index (κ2) is 16.5. The van der Waals surface area contributed by atoms with E-state index < -0.39 is 0 Å². The van der Waals surface area contributed by atoms with Gasteiger partial charge in [0.2, 0.25) is 0 Å². The van der Waals surface area contributed by atoms with Crippen molar-refractivity contribution in [3.63, 3.8) is 0 Å². The molecule has 0 aromatic rings. The van der Waals surface area contributed by atoms with Gasteiger partial charge in [-0.2, -0.15) is 11.8 Å². The molecule has 0 saturated carbocycles. The molecular weight excluding hydrogens is 310 g/mol. The fraction of sp³-hybridized carbons (Fsp3) is 0.909. The number of rotatable bonds is 16. The van der Waals surface area contributed by atoms with Gasteiger partial charge in [-0.3, -0.25) is 0 Å². The summed E-state index contributed by atoms with van der Waals surface area (Å²) < 4.78 is 0. The zero-order valence-corrected chi connectivity index (χ0v) is 18.1. The van der Waals surface area contributed by atoms with Crippen molar-refractivity contribution in [2.24, 2.45) is 23.5 Å². The molecule has 0 aliphatic carbocycles. The van der Waals surface area contributed by atoms with Gasteiger partial charge in [0.1, 0.15) is 0 Å². The van der Waals surface area contributed by atoms with E-state index in [2.05, 4.69) is 40.7 Å². The zero-order valence-electron chi connectivity index (χ0n) is 17.3. The number of hydrogen-bond donors (Lipinski definition) is 1. The lowest BCUT2D eigenvalue weighted by Gasteiger charge is -2.15. The lowest BCUT2D eigenvalue weighted by molar-refractivity contribution is 0.389. The van der Waals surface area contributed by atoms with Gasteiger partial charge in [0, 0.05) is 18.1 Å². The highest BCUT2D eigenvalue weighted by molar-refractivity contribution is 7.99. The normalized spacial score (nSPS) is 15.0. The fourth-order valence-electron chi connectivity index (χ4n) is 3.18. The maximum absolute atomic E-state index is 5.51. The molecule has 0 aliphatic rings. The van der Waals surface area contributed by atoms with Gasteiger partial charge in [-0.25, -0.2) is 0 Å². The van der Waals surface area contributed by atoms with Crippen LogP contribution in [0, 0.1) is 17.8 Å². The van der Waals surface area contributed by atoms with Crippen LogP contribution in [0.1, 0.15) is 92.4 Å². The van der Waals surface area contributed by atoms with E-state index in [4.69, 9.17) is 5.73 Å². The summed E-state index contributed by atoms with van der Waals surface area (Å²) >= 11 is 1.94. The van der Waals surface area contributed by atoms with E-state index in [1.165, 1.54) is 57.8 Å². The third-order valence-corrected chi connectivity index (χ3v) is 5.88. The van der Waals surface area contributed by atoms with Crippen LogP contribution in [0.2, 0.25) is 0 Å². The molecule has 2 heteroatoms. The van der Waals surface area contributed by atoms with E-state index in [9.17, 15) is 0 Å². The Balaban J connectivity index is 3.56. The van der Waals surface area contributed by atoms with Crippen molar-refractivity contribution < 1.29 is 0 Å². The molecule has 0 spiro atoms. The van der Waals surface area contributed by atoms with Gasteiger partial charge in [-0.15, -0.1) is 0 Å². The fourth-order valence-corrected chi connectivity index (χ4v) is 3.91. The van der Waals surface area contributed by atoms with Gasteiger partial charge in [0.15, 0.2) is 0 Å². The minimum absolute atomic E-state index is 0.797. The molecule has 0 radical (unpaired) electrons. The first-order valence-corrected chi connectivity index (χ1v) is 11.5. The standard InChI is InChI=1S/C22H45NS/c1-19(2)9-6-10-20(3)11-7-12-21(4)13-8-14-22(5)15-17-24-18-16-23/h15,19-21H,6-14,16-18,23H2,1-5H3/b22-15+. The first-order valence-electron chi connectivity index (χ1n) is 10.4. The van der Waals surface area contributed by atoms with Gasteiger partial charge < -0.3 is 5.73 Å². The average Bonchev–Trinajstić information content (AvgIpc) is 2.51. The van der Waals surface area contributed by atoms with Crippen LogP contribution in [0.4, 0.5) is 0 Å². The van der Waals surface area contributed by atoms with Crippen molar-refractivity contribution in [3.8, 4) is 0 Å². The van der Waals surface area contributed by atoms with E-state index in [0.717, 1.165) is 35.8 Å². The number of allylic oxidation sites excluding steroid dienone is 1. The summed E-state index contributed by atoms with van der Waals surface area (Å²) in [5, 5.41) is 0. The highest BCUT2D eigenvalue weighted by Crippen LogP contribution is 2.22. The lowest BCUT2D eigenvalue weighted by Crippen LogP contribution is -2.01. The highest BCUT2D eigenvalue weighted by atomic mass is 32.2. The predicted octanol–water partition coefficient (Wildman–Crippen LogP) is 7.06. The molecule has 0 saturated heterocycles. The molecule has 144 valence electrons. The molecule has 0 aliphatic heterocycles. The smallest absolute Gasteiger partial charge is 0.0116 e.